The molecule has 5 nitrogen and oxygen atoms in total. The van der Waals surface area contributed by atoms with Gasteiger partial charge >= 0.3 is 0 Å². The number of fused-ring (bicyclic) bond motifs is 1. The molecule has 1 unspecified atom stereocenters. The molecule has 3 heterocycles. The quantitative estimate of drug-likeness (QED) is 0.411. The number of hydrogen-bond donors (Lipinski definition) is 0. The molecule has 5 heteroatoms. The van der Waals surface area contributed by atoms with Crippen molar-refractivity contribution >= 4 is 34.2 Å². The molecule has 0 saturated carbocycles. The van der Waals surface area contributed by atoms with E-state index in [0.717, 1.165) is 34.6 Å². The number of hydrazone groups is 1. The Labute approximate surface area is 181 Å². The second-order valence-electron chi connectivity index (χ2n) is 7.85. The first-order valence-electron chi connectivity index (χ1n) is 10.4. The van der Waals surface area contributed by atoms with E-state index < -0.39 is 0 Å². The van der Waals surface area contributed by atoms with Gasteiger partial charge in [-0.05, 0) is 60.2 Å². The molecule has 4 aromatic rings. The lowest BCUT2D eigenvalue weighted by molar-refractivity contribution is 0.557. The van der Waals surface area contributed by atoms with Crippen LogP contribution in [-0.2, 0) is 0 Å². The maximum atomic E-state index is 5.43. The summed E-state index contributed by atoms with van der Waals surface area (Å²) < 4.78 is 5.43. The third-order valence-electron chi connectivity index (χ3n) is 5.53. The van der Waals surface area contributed by atoms with Gasteiger partial charge in [-0.25, -0.2) is 9.99 Å². The van der Waals surface area contributed by atoms with E-state index in [2.05, 4.69) is 55.4 Å². The monoisotopic (exact) mass is 408 g/mol. The number of furan rings is 1. The summed E-state index contributed by atoms with van der Waals surface area (Å²) in [5.74, 6) is 1.67. The molecule has 0 radical (unpaired) electrons. The maximum Gasteiger partial charge on any atom is 0.150 e. The average Bonchev–Trinajstić information content (AvgIpc) is 3.47. The van der Waals surface area contributed by atoms with Crippen molar-refractivity contribution in [3.8, 4) is 0 Å². The normalized spacial score (nSPS) is 16.3. The molecule has 0 saturated heterocycles. The van der Waals surface area contributed by atoms with Crippen LogP contribution in [0.3, 0.4) is 0 Å². The van der Waals surface area contributed by atoms with Crippen molar-refractivity contribution in [2.45, 2.75) is 12.5 Å². The first kappa shape index (κ1) is 19.1. The molecule has 0 N–H and O–H groups in total. The van der Waals surface area contributed by atoms with Crippen LogP contribution < -0.4 is 9.91 Å². The van der Waals surface area contributed by atoms with Gasteiger partial charge < -0.3 is 9.32 Å². The molecule has 0 spiro atoms. The third kappa shape index (κ3) is 3.94. The van der Waals surface area contributed by atoms with E-state index in [4.69, 9.17) is 14.5 Å². The molecular formula is C26H24N4O. The Morgan fingerprint density at radius 1 is 0.935 bits per heavy atom. The van der Waals surface area contributed by atoms with Crippen molar-refractivity contribution in [2.75, 3.05) is 24.0 Å². The van der Waals surface area contributed by atoms with Gasteiger partial charge in [0.15, 0.2) is 0 Å². The van der Waals surface area contributed by atoms with E-state index in [1.54, 1.807) is 6.26 Å². The van der Waals surface area contributed by atoms with Crippen LogP contribution in [0.1, 0.15) is 23.8 Å². The van der Waals surface area contributed by atoms with E-state index in [1.165, 1.54) is 11.3 Å². The fraction of sp³-hybridized carbons (Fsp3) is 0.154. The second kappa shape index (κ2) is 8.11. The van der Waals surface area contributed by atoms with Crippen molar-refractivity contribution in [3.05, 3.63) is 96.5 Å². The molecule has 1 aliphatic rings. The van der Waals surface area contributed by atoms with Crippen molar-refractivity contribution < 1.29 is 4.42 Å². The van der Waals surface area contributed by atoms with E-state index in [9.17, 15) is 0 Å². The number of anilines is 2. The first-order chi connectivity index (χ1) is 15.2. The topological polar surface area (TPSA) is 44.9 Å². The number of aromatic nitrogens is 1. The van der Waals surface area contributed by atoms with Crippen LogP contribution in [0.25, 0.3) is 17.0 Å². The van der Waals surface area contributed by atoms with Gasteiger partial charge in [0.05, 0.1) is 23.5 Å². The smallest absolute Gasteiger partial charge is 0.150 e. The minimum atomic E-state index is 0.0844. The summed E-state index contributed by atoms with van der Waals surface area (Å²) in [6.07, 6.45) is 6.47. The SMILES string of the molecule is CN(C)c1ccc(C2CC(C=Cc3ccco3)=NN2c2ccc3ccccc3n2)cc1. The predicted octanol–water partition coefficient (Wildman–Crippen LogP) is 5.91. The van der Waals surface area contributed by atoms with Gasteiger partial charge in [0.25, 0.3) is 0 Å². The molecule has 154 valence electrons. The van der Waals surface area contributed by atoms with Gasteiger partial charge in [0.2, 0.25) is 0 Å². The molecule has 31 heavy (non-hydrogen) atoms. The fourth-order valence-corrected chi connectivity index (χ4v) is 3.85. The van der Waals surface area contributed by atoms with Crippen LogP contribution in [0, 0.1) is 0 Å². The van der Waals surface area contributed by atoms with Crippen LogP contribution in [-0.4, -0.2) is 24.8 Å². The van der Waals surface area contributed by atoms with Gasteiger partial charge in [-0.15, -0.1) is 0 Å². The van der Waals surface area contributed by atoms with Gasteiger partial charge in [-0.3, -0.25) is 0 Å². The summed E-state index contributed by atoms with van der Waals surface area (Å²) in [7, 11) is 4.10. The Hall–Kier alpha value is -3.86. The van der Waals surface area contributed by atoms with Crippen LogP contribution in [0.5, 0.6) is 0 Å². The number of pyridine rings is 1. The Balaban J connectivity index is 1.51. The van der Waals surface area contributed by atoms with Gasteiger partial charge in [-0.1, -0.05) is 30.3 Å². The molecule has 5 rings (SSSR count). The molecule has 0 fully saturated rings. The number of rotatable bonds is 5. The number of hydrogen-bond acceptors (Lipinski definition) is 5. The largest absolute Gasteiger partial charge is 0.465 e. The predicted molar refractivity (Wildman–Crippen MR) is 128 cm³/mol. The zero-order valence-corrected chi connectivity index (χ0v) is 17.6. The highest BCUT2D eigenvalue weighted by atomic mass is 16.3. The van der Waals surface area contributed by atoms with Crippen molar-refractivity contribution in [3.63, 3.8) is 0 Å². The third-order valence-corrected chi connectivity index (χ3v) is 5.53. The molecule has 1 atom stereocenters. The highest BCUT2D eigenvalue weighted by Gasteiger charge is 2.29. The Morgan fingerprint density at radius 2 is 1.77 bits per heavy atom. The van der Waals surface area contributed by atoms with E-state index in [-0.39, 0.29) is 6.04 Å². The van der Waals surface area contributed by atoms with Crippen LogP contribution in [0.4, 0.5) is 11.5 Å². The van der Waals surface area contributed by atoms with Crippen LogP contribution >= 0.6 is 0 Å². The van der Waals surface area contributed by atoms with Gasteiger partial charge in [-0.2, -0.15) is 5.10 Å². The van der Waals surface area contributed by atoms with Crippen LogP contribution in [0.2, 0.25) is 0 Å². The number of allylic oxidation sites excluding steroid dienone is 1. The molecule has 2 aromatic heterocycles. The number of para-hydroxylation sites is 1. The number of nitrogens with zero attached hydrogens (tertiary/aromatic N) is 4. The summed E-state index contributed by atoms with van der Waals surface area (Å²) in [6, 6.07) is 24.9. The summed E-state index contributed by atoms with van der Waals surface area (Å²) in [5.41, 5.74) is 4.35. The first-order valence-corrected chi connectivity index (χ1v) is 10.4. The van der Waals surface area contributed by atoms with Crippen LogP contribution in [0.15, 0.2) is 94.7 Å². The average molecular weight is 409 g/mol. The molecule has 0 bridgehead atoms. The zero-order chi connectivity index (χ0) is 21.2. The summed E-state index contributed by atoms with van der Waals surface area (Å²) >= 11 is 0. The van der Waals surface area contributed by atoms with Crippen molar-refractivity contribution in [1.82, 2.24) is 4.98 Å². The van der Waals surface area contributed by atoms with E-state index >= 15 is 0 Å². The van der Waals surface area contributed by atoms with Crippen molar-refractivity contribution in [1.29, 1.82) is 0 Å². The highest BCUT2D eigenvalue weighted by Crippen LogP contribution is 2.36. The summed E-state index contributed by atoms with van der Waals surface area (Å²) in [4.78, 5) is 7.00. The second-order valence-corrected chi connectivity index (χ2v) is 7.85. The Kier molecular flexibility index (Phi) is 5.00. The summed E-state index contributed by atoms with van der Waals surface area (Å²) in [5, 5.41) is 8.09. The number of benzene rings is 2. The standard InChI is InChI=1S/C26H24N4O/c1-29(2)22-13-9-20(10-14-22)25-18-21(12-15-23-7-5-17-31-23)28-30(25)26-16-11-19-6-3-4-8-24(19)27-26/h3-17,25H,18H2,1-2H3. The molecular weight excluding hydrogens is 384 g/mol. The lowest BCUT2D eigenvalue weighted by Crippen LogP contribution is -2.19. The minimum absolute atomic E-state index is 0.0844. The van der Waals surface area contributed by atoms with E-state index in [1.807, 2.05) is 53.6 Å². The van der Waals surface area contributed by atoms with Gasteiger partial charge in [0, 0.05) is 31.6 Å². The lowest BCUT2D eigenvalue weighted by atomic mass is 10.0. The van der Waals surface area contributed by atoms with Gasteiger partial charge in [0.1, 0.15) is 11.6 Å². The molecule has 1 aliphatic heterocycles. The molecule has 2 aromatic carbocycles. The zero-order valence-electron chi connectivity index (χ0n) is 17.6. The fourth-order valence-electron chi connectivity index (χ4n) is 3.85. The molecule has 0 amide bonds. The maximum absolute atomic E-state index is 5.43. The lowest BCUT2D eigenvalue weighted by Gasteiger charge is -2.24. The summed E-state index contributed by atoms with van der Waals surface area (Å²) in [6.45, 7) is 0. The Morgan fingerprint density at radius 3 is 2.55 bits per heavy atom. The van der Waals surface area contributed by atoms with Crippen molar-refractivity contribution in [2.24, 2.45) is 5.10 Å². The molecule has 0 aliphatic carbocycles. The van der Waals surface area contributed by atoms with E-state index in [0.29, 0.717) is 0 Å². The minimum Gasteiger partial charge on any atom is -0.465 e. The highest BCUT2D eigenvalue weighted by molar-refractivity contribution is 6.01. The Bertz CT molecular complexity index is 1240.